The number of carbonyl (C=O) groups excluding carboxylic acids is 1. The minimum Gasteiger partial charge on any atom is -0.494 e. The number of hydrogen-bond acceptors (Lipinski definition) is 6. The van der Waals surface area contributed by atoms with E-state index in [0.29, 0.717) is 31.1 Å². The number of aliphatic imine (C=N–C) groups is 1. The molecule has 6 nitrogen and oxygen atoms in total. The van der Waals surface area contributed by atoms with E-state index in [1.165, 1.54) is 7.11 Å². The lowest BCUT2D eigenvalue weighted by atomic mass is 9.87. The van der Waals surface area contributed by atoms with E-state index in [1.807, 2.05) is 61.5 Å². The zero-order valence-electron chi connectivity index (χ0n) is 16.1. The van der Waals surface area contributed by atoms with Crippen LogP contribution >= 0.6 is 0 Å². The molecule has 1 heterocycles. The maximum atomic E-state index is 12.7. The smallest absolute Gasteiger partial charge is 0.338 e. The van der Waals surface area contributed by atoms with E-state index in [2.05, 4.69) is 4.99 Å². The molecule has 148 valence electrons. The molecule has 2 aromatic rings. The quantitative estimate of drug-likeness (QED) is 0.560. The van der Waals surface area contributed by atoms with Crippen molar-refractivity contribution in [2.24, 2.45) is 4.99 Å². The van der Waals surface area contributed by atoms with Gasteiger partial charge in [-0.15, -0.1) is 0 Å². The highest BCUT2D eigenvalue weighted by Crippen LogP contribution is 2.33. The van der Waals surface area contributed by atoms with Crippen molar-refractivity contribution in [3.63, 3.8) is 0 Å². The molecule has 1 aliphatic rings. The summed E-state index contributed by atoms with van der Waals surface area (Å²) in [6.45, 7) is 2.38. The van der Waals surface area contributed by atoms with Gasteiger partial charge in [0.2, 0.25) is 11.4 Å². The predicted molar refractivity (Wildman–Crippen MR) is 106 cm³/mol. The van der Waals surface area contributed by atoms with E-state index in [0.717, 1.165) is 11.1 Å². The number of rotatable bonds is 8. The molecule has 0 saturated carbocycles. The minimum absolute atomic E-state index is 0.0949. The Morgan fingerprint density at radius 1 is 1.18 bits per heavy atom. The third-order valence-electron chi connectivity index (χ3n) is 4.79. The third-order valence-corrected chi connectivity index (χ3v) is 4.79. The van der Waals surface area contributed by atoms with Crippen LogP contribution in [0.25, 0.3) is 0 Å². The Bertz CT molecular complexity index is 819. The van der Waals surface area contributed by atoms with Gasteiger partial charge in [0.05, 0.1) is 13.7 Å². The summed E-state index contributed by atoms with van der Waals surface area (Å²) in [5, 5.41) is 8.83. The molecular formula is C22H25NO5. The van der Waals surface area contributed by atoms with E-state index in [9.17, 15) is 4.79 Å². The highest BCUT2D eigenvalue weighted by atomic mass is 16.5. The summed E-state index contributed by atoms with van der Waals surface area (Å²) in [5.74, 6) is 0.700. The van der Waals surface area contributed by atoms with Crippen molar-refractivity contribution in [1.82, 2.24) is 0 Å². The van der Waals surface area contributed by atoms with Crippen molar-refractivity contribution in [3.8, 4) is 5.75 Å². The van der Waals surface area contributed by atoms with E-state index < -0.39 is 17.6 Å². The summed E-state index contributed by atoms with van der Waals surface area (Å²) < 4.78 is 16.6. The van der Waals surface area contributed by atoms with Crippen molar-refractivity contribution in [1.29, 1.82) is 0 Å². The molecule has 3 rings (SSSR count). The Kier molecular flexibility index (Phi) is 6.31. The number of aliphatic hydroxyl groups excluding tert-OH is 1. The maximum Gasteiger partial charge on any atom is 0.338 e. The molecule has 0 spiro atoms. The fourth-order valence-corrected chi connectivity index (χ4v) is 3.20. The molecule has 6 heteroatoms. The van der Waals surface area contributed by atoms with E-state index in [-0.39, 0.29) is 6.61 Å². The minimum atomic E-state index is -1.12. The first-order valence-electron chi connectivity index (χ1n) is 9.32. The molecule has 2 aromatic carbocycles. The van der Waals surface area contributed by atoms with Crippen molar-refractivity contribution in [2.75, 3.05) is 20.3 Å². The SMILES string of the molecule is COC(=O)[C@]1(Cc2ccccc2)N=C(c2ccc(OCCCO)cc2)O[C@@H]1C. The summed E-state index contributed by atoms with van der Waals surface area (Å²) in [7, 11) is 1.37. The molecule has 1 N–H and O–H groups in total. The molecular weight excluding hydrogens is 358 g/mol. The largest absolute Gasteiger partial charge is 0.494 e. The van der Waals surface area contributed by atoms with Gasteiger partial charge in [0.1, 0.15) is 11.9 Å². The Morgan fingerprint density at radius 3 is 2.54 bits per heavy atom. The summed E-state index contributed by atoms with van der Waals surface area (Å²) in [5.41, 5.74) is 0.628. The van der Waals surface area contributed by atoms with E-state index in [1.54, 1.807) is 0 Å². The van der Waals surface area contributed by atoms with Crippen LogP contribution in [-0.2, 0) is 20.7 Å². The van der Waals surface area contributed by atoms with Crippen molar-refractivity contribution >= 4 is 11.9 Å². The highest BCUT2D eigenvalue weighted by Gasteiger charge is 2.51. The Hall–Kier alpha value is -2.86. The Morgan fingerprint density at radius 2 is 1.89 bits per heavy atom. The number of aliphatic hydroxyl groups is 1. The van der Waals surface area contributed by atoms with Gasteiger partial charge in [0.25, 0.3) is 0 Å². The number of hydrogen-bond donors (Lipinski definition) is 1. The molecule has 0 radical (unpaired) electrons. The molecule has 0 amide bonds. The lowest BCUT2D eigenvalue weighted by Gasteiger charge is -2.26. The number of methoxy groups -OCH3 is 1. The molecule has 0 bridgehead atoms. The van der Waals surface area contributed by atoms with Crippen LogP contribution in [0.4, 0.5) is 0 Å². The predicted octanol–water partition coefficient (Wildman–Crippen LogP) is 2.77. The summed E-state index contributed by atoms with van der Waals surface area (Å²) in [6, 6.07) is 17.0. The molecule has 0 saturated heterocycles. The van der Waals surface area contributed by atoms with Crippen LogP contribution in [0.2, 0.25) is 0 Å². The van der Waals surface area contributed by atoms with Crippen LogP contribution in [-0.4, -0.2) is 48.9 Å². The van der Waals surface area contributed by atoms with Gasteiger partial charge in [-0.1, -0.05) is 30.3 Å². The van der Waals surface area contributed by atoms with Crippen molar-refractivity contribution in [2.45, 2.75) is 31.4 Å². The molecule has 0 aliphatic carbocycles. The van der Waals surface area contributed by atoms with Crippen LogP contribution in [0.15, 0.2) is 59.6 Å². The first-order valence-corrected chi connectivity index (χ1v) is 9.32. The fraction of sp³-hybridized carbons (Fsp3) is 0.364. The topological polar surface area (TPSA) is 77.4 Å². The zero-order valence-corrected chi connectivity index (χ0v) is 16.1. The van der Waals surface area contributed by atoms with Crippen LogP contribution in [0, 0.1) is 0 Å². The number of ether oxygens (including phenoxy) is 3. The van der Waals surface area contributed by atoms with Crippen LogP contribution in [0.3, 0.4) is 0 Å². The number of nitrogens with zero attached hydrogens (tertiary/aromatic N) is 1. The second kappa shape index (κ2) is 8.89. The second-order valence-corrected chi connectivity index (χ2v) is 6.71. The highest BCUT2D eigenvalue weighted by molar-refractivity contribution is 5.99. The van der Waals surface area contributed by atoms with Gasteiger partial charge < -0.3 is 19.3 Å². The Balaban J connectivity index is 1.85. The normalized spacial score (nSPS) is 21.0. The van der Waals surface area contributed by atoms with Crippen molar-refractivity contribution < 1.29 is 24.1 Å². The van der Waals surface area contributed by atoms with Crippen LogP contribution in [0.1, 0.15) is 24.5 Å². The van der Waals surface area contributed by atoms with Gasteiger partial charge in [-0.3, -0.25) is 0 Å². The van der Waals surface area contributed by atoms with E-state index in [4.69, 9.17) is 19.3 Å². The summed E-state index contributed by atoms with van der Waals surface area (Å²) in [6.07, 6.45) is 0.514. The van der Waals surface area contributed by atoms with Crippen molar-refractivity contribution in [3.05, 3.63) is 65.7 Å². The van der Waals surface area contributed by atoms with Gasteiger partial charge in [-0.05, 0) is 36.8 Å². The first kappa shape index (κ1) is 19.9. The third kappa shape index (κ3) is 4.17. The Labute approximate surface area is 164 Å². The molecule has 0 fully saturated rings. The summed E-state index contributed by atoms with van der Waals surface area (Å²) in [4.78, 5) is 17.4. The standard InChI is InChI=1S/C22H25NO5/c1-16-22(21(25)26-2,15-17-7-4-3-5-8-17)23-20(28-16)18-9-11-19(12-10-18)27-14-6-13-24/h3-5,7-12,16,24H,6,13-15H2,1-2H3/t16-,22-/m1/s1. The molecule has 28 heavy (non-hydrogen) atoms. The van der Waals surface area contributed by atoms with Gasteiger partial charge in [-0.2, -0.15) is 0 Å². The van der Waals surface area contributed by atoms with Gasteiger partial charge in [-0.25, -0.2) is 9.79 Å². The molecule has 0 unspecified atom stereocenters. The lowest BCUT2D eigenvalue weighted by molar-refractivity contribution is -0.149. The van der Waals surface area contributed by atoms with Gasteiger partial charge in [0, 0.05) is 25.0 Å². The number of benzene rings is 2. The average molecular weight is 383 g/mol. The number of carbonyl (C=O) groups is 1. The van der Waals surface area contributed by atoms with Gasteiger partial charge >= 0.3 is 5.97 Å². The molecule has 1 aliphatic heterocycles. The van der Waals surface area contributed by atoms with Gasteiger partial charge in [0.15, 0.2) is 0 Å². The molecule has 0 aromatic heterocycles. The number of esters is 1. The second-order valence-electron chi connectivity index (χ2n) is 6.71. The lowest BCUT2D eigenvalue weighted by Crippen LogP contribution is -2.47. The molecule has 2 atom stereocenters. The average Bonchev–Trinajstić information content (AvgIpc) is 3.06. The first-order chi connectivity index (χ1) is 13.6. The monoisotopic (exact) mass is 383 g/mol. The summed E-state index contributed by atoms with van der Waals surface area (Å²) >= 11 is 0. The zero-order chi connectivity index (χ0) is 20.0. The fourth-order valence-electron chi connectivity index (χ4n) is 3.20. The van der Waals surface area contributed by atoms with Crippen LogP contribution < -0.4 is 4.74 Å². The van der Waals surface area contributed by atoms with E-state index >= 15 is 0 Å². The maximum absolute atomic E-state index is 12.7. The van der Waals surface area contributed by atoms with Crippen LogP contribution in [0.5, 0.6) is 5.75 Å².